The Morgan fingerprint density at radius 1 is 1.33 bits per heavy atom. The molecule has 0 spiro atoms. The topological polar surface area (TPSA) is 73.1 Å². The summed E-state index contributed by atoms with van der Waals surface area (Å²) in [6.07, 6.45) is 6.70. The highest BCUT2D eigenvalue weighted by Gasteiger charge is 2.29. The zero-order chi connectivity index (χ0) is 18.8. The molecule has 7 nitrogen and oxygen atoms in total. The Bertz CT molecular complexity index is 960. The van der Waals surface area contributed by atoms with E-state index in [0.29, 0.717) is 30.8 Å². The van der Waals surface area contributed by atoms with Crippen molar-refractivity contribution in [1.29, 1.82) is 0 Å². The zero-order valence-electron chi connectivity index (χ0n) is 14.7. The number of rotatable bonds is 4. The number of aryl methyl sites for hydroxylation is 1. The van der Waals surface area contributed by atoms with Gasteiger partial charge in [0.15, 0.2) is 0 Å². The molecule has 0 saturated heterocycles. The van der Waals surface area contributed by atoms with Crippen LogP contribution < -0.4 is 4.74 Å². The monoisotopic (exact) mass is 367 g/mol. The summed E-state index contributed by atoms with van der Waals surface area (Å²) in [5.74, 6) is -0.490. The molecule has 0 N–H and O–H groups in total. The number of hydrogen-bond acceptors (Lipinski definition) is 5. The predicted molar refractivity (Wildman–Crippen MR) is 94.7 cm³/mol. The third-order valence-corrected chi connectivity index (χ3v) is 4.58. The first-order chi connectivity index (χ1) is 13.1. The smallest absolute Gasteiger partial charge is 0.316 e. The van der Waals surface area contributed by atoms with Crippen molar-refractivity contribution in [2.24, 2.45) is 0 Å². The SMILES string of the molecule is Cc1cc(F)ccc1C(=O)N1Cc2cncn2[C@@H](COc2ncccn2)C1. The van der Waals surface area contributed by atoms with E-state index in [1.54, 1.807) is 42.8 Å². The molecule has 0 unspecified atom stereocenters. The van der Waals surface area contributed by atoms with Crippen LogP contribution in [0.25, 0.3) is 0 Å². The van der Waals surface area contributed by atoms with Gasteiger partial charge in [-0.3, -0.25) is 4.79 Å². The minimum absolute atomic E-state index is 0.121. The standard InChI is InChI=1S/C19H18FN5O2/c1-13-7-14(20)3-4-17(13)18(26)24-9-15-8-21-12-25(15)16(10-24)11-27-19-22-5-2-6-23-19/h2-8,12,16H,9-11H2,1H3/t16-/m1/s1. The van der Waals surface area contributed by atoms with Crippen LogP contribution in [0.1, 0.15) is 27.7 Å². The number of amides is 1. The number of carbonyl (C=O) groups is 1. The summed E-state index contributed by atoms with van der Waals surface area (Å²) < 4.78 is 21.1. The fraction of sp³-hybridized carbons (Fsp3) is 0.263. The molecule has 8 heteroatoms. The first-order valence-corrected chi connectivity index (χ1v) is 8.58. The van der Waals surface area contributed by atoms with Crippen molar-refractivity contribution < 1.29 is 13.9 Å². The van der Waals surface area contributed by atoms with Crippen LogP contribution in [0.15, 0.2) is 49.2 Å². The maximum atomic E-state index is 13.4. The lowest BCUT2D eigenvalue weighted by Gasteiger charge is -2.34. The fourth-order valence-electron chi connectivity index (χ4n) is 3.24. The average molecular weight is 367 g/mol. The summed E-state index contributed by atoms with van der Waals surface area (Å²) in [6.45, 7) is 2.93. The minimum atomic E-state index is -0.352. The molecule has 1 aliphatic heterocycles. The number of hydrogen-bond donors (Lipinski definition) is 0. The molecule has 3 heterocycles. The Hall–Kier alpha value is -3.29. The second-order valence-corrected chi connectivity index (χ2v) is 6.43. The molecular formula is C19H18FN5O2. The van der Waals surface area contributed by atoms with Gasteiger partial charge in [-0.25, -0.2) is 19.3 Å². The van der Waals surface area contributed by atoms with Gasteiger partial charge in [0.05, 0.1) is 24.6 Å². The molecule has 0 aliphatic carbocycles. The summed E-state index contributed by atoms with van der Waals surface area (Å²) in [5, 5.41) is 0. The van der Waals surface area contributed by atoms with E-state index in [0.717, 1.165) is 5.69 Å². The number of nitrogens with zero attached hydrogens (tertiary/aromatic N) is 5. The molecular weight excluding hydrogens is 349 g/mol. The van der Waals surface area contributed by atoms with Gasteiger partial charge in [0.1, 0.15) is 12.4 Å². The molecule has 1 aromatic carbocycles. The van der Waals surface area contributed by atoms with Crippen LogP contribution in [-0.4, -0.2) is 43.5 Å². The van der Waals surface area contributed by atoms with E-state index in [1.807, 2.05) is 4.57 Å². The van der Waals surface area contributed by atoms with Gasteiger partial charge in [0.25, 0.3) is 5.91 Å². The van der Waals surface area contributed by atoms with Crippen molar-refractivity contribution in [3.8, 4) is 6.01 Å². The van der Waals surface area contributed by atoms with Crippen LogP contribution in [0.3, 0.4) is 0 Å². The predicted octanol–water partition coefficient (Wildman–Crippen LogP) is 2.40. The third-order valence-electron chi connectivity index (χ3n) is 4.58. The molecule has 0 radical (unpaired) electrons. The number of imidazole rings is 1. The van der Waals surface area contributed by atoms with Crippen molar-refractivity contribution in [2.75, 3.05) is 13.2 Å². The zero-order valence-corrected chi connectivity index (χ0v) is 14.7. The number of halogens is 1. The first kappa shape index (κ1) is 17.1. The van der Waals surface area contributed by atoms with Gasteiger partial charge in [0, 0.05) is 30.7 Å². The summed E-state index contributed by atoms with van der Waals surface area (Å²) in [5.41, 5.74) is 2.02. The summed E-state index contributed by atoms with van der Waals surface area (Å²) in [4.78, 5) is 27.0. The van der Waals surface area contributed by atoms with Gasteiger partial charge in [-0.1, -0.05) is 0 Å². The quantitative estimate of drug-likeness (QED) is 0.708. The highest BCUT2D eigenvalue weighted by atomic mass is 19.1. The maximum Gasteiger partial charge on any atom is 0.316 e. The van der Waals surface area contributed by atoms with E-state index in [-0.39, 0.29) is 23.8 Å². The maximum absolute atomic E-state index is 13.4. The lowest BCUT2D eigenvalue weighted by molar-refractivity contribution is 0.0643. The Balaban J connectivity index is 1.54. The molecule has 1 atom stereocenters. The molecule has 2 aromatic heterocycles. The minimum Gasteiger partial charge on any atom is -0.461 e. The Morgan fingerprint density at radius 2 is 2.15 bits per heavy atom. The highest BCUT2D eigenvalue weighted by Crippen LogP contribution is 2.24. The van der Waals surface area contributed by atoms with Crippen LogP contribution in [-0.2, 0) is 6.54 Å². The summed E-state index contributed by atoms with van der Waals surface area (Å²) in [6, 6.07) is 6.09. The van der Waals surface area contributed by atoms with Crippen molar-refractivity contribution in [1.82, 2.24) is 24.4 Å². The van der Waals surface area contributed by atoms with Gasteiger partial charge in [-0.15, -0.1) is 0 Å². The lowest BCUT2D eigenvalue weighted by atomic mass is 10.1. The lowest BCUT2D eigenvalue weighted by Crippen LogP contribution is -2.42. The van der Waals surface area contributed by atoms with Crippen LogP contribution >= 0.6 is 0 Å². The third kappa shape index (κ3) is 3.51. The van der Waals surface area contributed by atoms with Crippen molar-refractivity contribution in [3.63, 3.8) is 0 Å². The average Bonchev–Trinajstić information content (AvgIpc) is 3.15. The van der Waals surface area contributed by atoms with E-state index < -0.39 is 0 Å². The van der Waals surface area contributed by atoms with Crippen LogP contribution in [0.4, 0.5) is 4.39 Å². The summed E-state index contributed by atoms with van der Waals surface area (Å²) >= 11 is 0. The highest BCUT2D eigenvalue weighted by molar-refractivity contribution is 5.95. The normalized spacial score (nSPS) is 16.1. The Kier molecular flexibility index (Phi) is 4.53. The molecule has 1 aliphatic rings. The summed E-state index contributed by atoms with van der Waals surface area (Å²) in [7, 11) is 0. The molecule has 0 fully saturated rings. The van der Waals surface area contributed by atoms with Crippen LogP contribution in [0.2, 0.25) is 0 Å². The van der Waals surface area contributed by atoms with Gasteiger partial charge in [-0.2, -0.15) is 0 Å². The molecule has 1 amide bonds. The van der Waals surface area contributed by atoms with Gasteiger partial charge in [-0.05, 0) is 36.8 Å². The van der Waals surface area contributed by atoms with E-state index in [9.17, 15) is 9.18 Å². The van der Waals surface area contributed by atoms with E-state index in [2.05, 4.69) is 15.0 Å². The van der Waals surface area contributed by atoms with Crippen molar-refractivity contribution >= 4 is 5.91 Å². The first-order valence-electron chi connectivity index (χ1n) is 8.58. The van der Waals surface area contributed by atoms with Gasteiger partial charge in [0.2, 0.25) is 0 Å². The Morgan fingerprint density at radius 3 is 2.93 bits per heavy atom. The number of fused-ring (bicyclic) bond motifs is 1. The molecule has 27 heavy (non-hydrogen) atoms. The fourth-order valence-corrected chi connectivity index (χ4v) is 3.24. The number of ether oxygens (including phenoxy) is 1. The van der Waals surface area contributed by atoms with Gasteiger partial charge < -0.3 is 14.2 Å². The number of carbonyl (C=O) groups excluding carboxylic acids is 1. The second-order valence-electron chi connectivity index (χ2n) is 6.43. The second kappa shape index (κ2) is 7.14. The molecule has 3 aromatic rings. The van der Waals surface area contributed by atoms with Crippen LogP contribution in [0, 0.1) is 12.7 Å². The number of benzene rings is 1. The number of aromatic nitrogens is 4. The van der Waals surface area contributed by atoms with E-state index >= 15 is 0 Å². The molecule has 0 saturated carbocycles. The van der Waals surface area contributed by atoms with E-state index in [4.69, 9.17) is 4.74 Å². The van der Waals surface area contributed by atoms with E-state index in [1.165, 1.54) is 18.2 Å². The van der Waals surface area contributed by atoms with Crippen molar-refractivity contribution in [3.05, 3.63) is 71.8 Å². The van der Waals surface area contributed by atoms with Gasteiger partial charge >= 0.3 is 6.01 Å². The largest absolute Gasteiger partial charge is 0.461 e. The Labute approximate surface area is 155 Å². The molecule has 138 valence electrons. The van der Waals surface area contributed by atoms with Crippen molar-refractivity contribution in [2.45, 2.75) is 19.5 Å². The molecule has 0 bridgehead atoms. The van der Waals surface area contributed by atoms with Crippen LogP contribution in [0.5, 0.6) is 6.01 Å². The molecule has 4 rings (SSSR count).